The Labute approximate surface area is 127 Å². The molecule has 0 aliphatic carbocycles. The van der Waals surface area contributed by atoms with Crippen LogP contribution in [0.3, 0.4) is 0 Å². The lowest BCUT2D eigenvalue weighted by atomic mass is 9.97. The van der Waals surface area contributed by atoms with E-state index < -0.39 is 5.60 Å². The second-order valence-electron chi connectivity index (χ2n) is 5.33. The van der Waals surface area contributed by atoms with E-state index in [-0.39, 0.29) is 5.91 Å². The Morgan fingerprint density at radius 1 is 1.33 bits per heavy atom. The highest BCUT2D eigenvalue weighted by molar-refractivity contribution is 5.97. The van der Waals surface area contributed by atoms with Crippen molar-refractivity contribution in [2.75, 3.05) is 19.5 Å². The summed E-state index contributed by atoms with van der Waals surface area (Å²) in [6.45, 7) is 5.79. The molecule has 0 spiro atoms. The molecule has 0 fully saturated rings. The van der Waals surface area contributed by atoms with Crippen molar-refractivity contribution in [3.05, 3.63) is 17.8 Å². The van der Waals surface area contributed by atoms with Gasteiger partial charge in [0.1, 0.15) is 5.60 Å². The molecule has 21 heavy (non-hydrogen) atoms. The van der Waals surface area contributed by atoms with Crippen LogP contribution in [0.4, 0.5) is 5.69 Å². The first-order valence-electron chi connectivity index (χ1n) is 7.35. The summed E-state index contributed by atoms with van der Waals surface area (Å²) in [5, 5.41) is 2.90. The van der Waals surface area contributed by atoms with Crippen molar-refractivity contribution in [1.29, 1.82) is 0 Å². The van der Waals surface area contributed by atoms with Crippen molar-refractivity contribution in [2.45, 2.75) is 52.1 Å². The predicted octanol–water partition coefficient (Wildman–Crippen LogP) is 3.32. The van der Waals surface area contributed by atoms with E-state index in [0.29, 0.717) is 18.0 Å². The zero-order chi connectivity index (χ0) is 15.9. The molecular formula is C16H26N2O3. The largest absolute Gasteiger partial charge is 0.481 e. The van der Waals surface area contributed by atoms with Crippen LogP contribution in [0.1, 0.15) is 45.2 Å². The summed E-state index contributed by atoms with van der Waals surface area (Å²) >= 11 is 0. The van der Waals surface area contributed by atoms with Gasteiger partial charge in [-0.25, -0.2) is 4.98 Å². The van der Waals surface area contributed by atoms with Crippen molar-refractivity contribution in [2.24, 2.45) is 0 Å². The number of amides is 1. The average molecular weight is 294 g/mol. The molecule has 1 atom stereocenters. The fourth-order valence-electron chi connectivity index (χ4n) is 2.06. The molecule has 0 aliphatic rings. The molecule has 0 bridgehead atoms. The third kappa shape index (κ3) is 4.70. The number of nitrogens with one attached hydrogen (secondary N) is 1. The smallest absolute Gasteiger partial charge is 0.256 e. The Morgan fingerprint density at radius 2 is 2.05 bits per heavy atom. The number of aryl methyl sites for hydroxylation is 1. The third-order valence-corrected chi connectivity index (χ3v) is 3.71. The Bertz CT molecular complexity index is 477. The van der Waals surface area contributed by atoms with E-state index in [4.69, 9.17) is 9.47 Å². The maximum absolute atomic E-state index is 12.5. The zero-order valence-electron chi connectivity index (χ0n) is 13.7. The normalized spacial score (nSPS) is 13.6. The first kappa shape index (κ1) is 17.4. The highest BCUT2D eigenvalue weighted by Crippen LogP contribution is 2.23. The van der Waals surface area contributed by atoms with Crippen LogP contribution in [0.2, 0.25) is 0 Å². The van der Waals surface area contributed by atoms with E-state index in [0.717, 1.165) is 25.0 Å². The van der Waals surface area contributed by atoms with Gasteiger partial charge in [-0.1, -0.05) is 26.2 Å². The maximum Gasteiger partial charge on any atom is 0.256 e. The number of unbranched alkanes of at least 4 members (excludes halogenated alkanes) is 2. The second kappa shape index (κ2) is 7.98. The molecule has 0 aromatic carbocycles. The summed E-state index contributed by atoms with van der Waals surface area (Å²) in [6.07, 6.45) is 3.87. The number of carbonyl (C=O) groups excluding carboxylic acids is 1. The van der Waals surface area contributed by atoms with Crippen LogP contribution in [-0.2, 0) is 9.53 Å². The summed E-state index contributed by atoms with van der Waals surface area (Å²) in [4.78, 5) is 16.7. The minimum atomic E-state index is -0.818. The molecule has 5 nitrogen and oxygen atoms in total. The van der Waals surface area contributed by atoms with E-state index in [1.165, 1.54) is 0 Å². The maximum atomic E-state index is 12.5. The molecule has 1 heterocycles. The number of anilines is 1. The lowest BCUT2D eigenvalue weighted by Gasteiger charge is -2.27. The summed E-state index contributed by atoms with van der Waals surface area (Å²) < 4.78 is 10.5. The van der Waals surface area contributed by atoms with Crippen molar-refractivity contribution < 1.29 is 14.3 Å². The van der Waals surface area contributed by atoms with Gasteiger partial charge in [-0.3, -0.25) is 4.79 Å². The Kier molecular flexibility index (Phi) is 6.62. The molecule has 1 amide bonds. The van der Waals surface area contributed by atoms with Crippen LogP contribution in [-0.4, -0.2) is 30.7 Å². The lowest BCUT2D eigenvalue weighted by molar-refractivity contribution is -0.136. The molecule has 0 saturated carbocycles. The molecule has 0 saturated heterocycles. The molecule has 118 valence electrons. The van der Waals surface area contributed by atoms with Gasteiger partial charge in [-0.15, -0.1) is 0 Å². The van der Waals surface area contributed by atoms with Crippen LogP contribution in [0, 0.1) is 6.92 Å². The third-order valence-electron chi connectivity index (χ3n) is 3.71. The van der Waals surface area contributed by atoms with Crippen LogP contribution < -0.4 is 10.1 Å². The molecule has 1 aromatic rings. The molecule has 1 rings (SSSR count). The number of aromatic nitrogens is 1. The average Bonchev–Trinajstić information content (AvgIpc) is 2.49. The summed E-state index contributed by atoms with van der Waals surface area (Å²) in [6, 6.07) is 3.52. The van der Waals surface area contributed by atoms with E-state index >= 15 is 0 Å². The van der Waals surface area contributed by atoms with Crippen LogP contribution in [0.25, 0.3) is 0 Å². The summed E-state index contributed by atoms with van der Waals surface area (Å²) in [5.74, 6) is 0.388. The summed E-state index contributed by atoms with van der Waals surface area (Å²) in [5.41, 5.74) is 0.580. The number of hydrogen-bond acceptors (Lipinski definition) is 4. The van der Waals surface area contributed by atoms with Crippen molar-refractivity contribution in [1.82, 2.24) is 4.98 Å². The molecule has 1 aromatic heterocycles. The number of carbonyl (C=O) groups is 1. The van der Waals surface area contributed by atoms with Crippen molar-refractivity contribution in [3.8, 4) is 5.88 Å². The number of methoxy groups -OCH3 is 2. The monoisotopic (exact) mass is 294 g/mol. The minimum Gasteiger partial charge on any atom is -0.481 e. The molecule has 5 heteroatoms. The minimum absolute atomic E-state index is 0.142. The first-order valence-corrected chi connectivity index (χ1v) is 7.35. The Hall–Kier alpha value is -1.62. The summed E-state index contributed by atoms with van der Waals surface area (Å²) in [7, 11) is 3.14. The van der Waals surface area contributed by atoms with Crippen LogP contribution in [0.5, 0.6) is 5.88 Å². The van der Waals surface area contributed by atoms with Gasteiger partial charge in [0, 0.05) is 13.2 Å². The van der Waals surface area contributed by atoms with Gasteiger partial charge in [-0.05, 0) is 26.3 Å². The van der Waals surface area contributed by atoms with Gasteiger partial charge in [-0.2, -0.15) is 0 Å². The quantitative estimate of drug-likeness (QED) is 0.747. The van der Waals surface area contributed by atoms with E-state index in [2.05, 4.69) is 17.2 Å². The standard InChI is InChI=1S/C16H26N2O3/c1-6-7-8-11-16(3,21-5)15(19)18-13-9-10-14(20-4)17-12(13)2/h9-10H,6-8,11H2,1-5H3,(H,18,19)/t16-/m0/s1. The Balaban J connectivity index is 2.77. The van der Waals surface area contributed by atoms with Gasteiger partial charge in [0.05, 0.1) is 18.5 Å². The molecule has 1 N–H and O–H groups in total. The number of rotatable bonds is 8. The van der Waals surface area contributed by atoms with Gasteiger partial charge < -0.3 is 14.8 Å². The van der Waals surface area contributed by atoms with Gasteiger partial charge in [0.15, 0.2) is 0 Å². The molecule has 0 unspecified atom stereocenters. The molecule has 0 radical (unpaired) electrons. The molecular weight excluding hydrogens is 268 g/mol. The lowest BCUT2D eigenvalue weighted by Crippen LogP contribution is -2.42. The molecule has 0 aliphatic heterocycles. The van der Waals surface area contributed by atoms with Gasteiger partial charge >= 0.3 is 0 Å². The van der Waals surface area contributed by atoms with Gasteiger partial charge in [0.2, 0.25) is 5.88 Å². The van der Waals surface area contributed by atoms with Gasteiger partial charge in [0.25, 0.3) is 5.91 Å². The fraction of sp³-hybridized carbons (Fsp3) is 0.625. The highest BCUT2D eigenvalue weighted by atomic mass is 16.5. The van der Waals surface area contributed by atoms with E-state index in [1.807, 2.05) is 13.8 Å². The second-order valence-corrected chi connectivity index (χ2v) is 5.33. The number of pyridine rings is 1. The fourth-order valence-corrected chi connectivity index (χ4v) is 2.06. The number of nitrogens with zero attached hydrogens (tertiary/aromatic N) is 1. The first-order chi connectivity index (χ1) is 9.96. The van der Waals surface area contributed by atoms with Crippen LogP contribution >= 0.6 is 0 Å². The van der Waals surface area contributed by atoms with Crippen molar-refractivity contribution >= 4 is 11.6 Å². The van der Waals surface area contributed by atoms with E-state index in [9.17, 15) is 4.79 Å². The SMILES string of the molecule is CCCCC[C@](C)(OC)C(=O)Nc1ccc(OC)nc1C. The van der Waals surface area contributed by atoms with E-state index in [1.54, 1.807) is 26.4 Å². The van der Waals surface area contributed by atoms with Crippen molar-refractivity contribution in [3.63, 3.8) is 0 Å². The highest BCUT2D eigenvalue weighted by Gasteiger charge is 2.32. The number of hydrogen-bond donors (Lipinski definition) is 1. The van der Waals surface area contributed by atoms with Crippen LogP contribution in [0.15, 0.2) is 12.1 Å². The zero-order valence-corrected chi connectivity index (χ0v) is 13.7. The topological polar surface area (TPSA) is 60.5 Å². The Morgan fingerprint density at radius 3 is 2.57 bits per heavy atom. The number of ether oxygens (including phenoxy) is 2. The predicted molar refractivity (Wildman–Crippen MR) is 83.7 cm³/mol.